The number of pyridine rings is 4. The van der Waals surface area contributed by atoms with Crippen LogP contribution in [0.4, 0.5) is 0 Å². The van der Waals surface area contributed by atoms with E-state index in [1.165, 1.54) is 161 Å². The number of aromatic nitrogens is 4. The Balaban J connectivity index is 0.000000120. The van der Waals surface area contributed by atoms with E-state index in [-0.39, 0.29) is 0 Å². The fourth-order valence-electron chi connectivity index (χ4n) is 19.3. The zero-order valence-electron chi connectivity index (χ0n) is 84.5. The van der Waals surface area contributed by atoms with Crippen LogP contribution in [0.25, 0.3) is 212 Å². The zero-order valence-corrected chi connectivity index (χ0v) is 84.5. The van der Waals surface area contributed by atoms with Gasteiger partial charge < -0.3 is 0 Å². The molecule has 0 saturated carbocycles. The van der Waals surface area contributed by atoms with Gasteiger partial charge in [0.25, 0.3) is 0 Å². The lowest BCUT2D eigenvalue weighted by atomic mass is 9.92. The van der Waals surface area contributed by atoms with Crippen molar-refractivity contribution in [1.29, 1.82) is 0 Å². The maximum absolute atomic E-state index is 5.27. The maximum Gasteiger partial charge on any atom is 0.0715 e. The van der Waals surface area contributed by atoms with Crippen LogP contribution < -0.4 is 0 Å². The van der Waals surface area contributed by atoms with Crippen LogP contribution >= 0.6 is 0 Å². The van der Waals surface area contributed by atoms with E-state index in [4.69, 9.17) is 19.9 Å². The van der Waals surface area contributed by atoms with Gasteiger partial charge in [-0.25, -0.2) is 19.9 Å². The number of nitrogens with zero attached hydrogens (tertiary/aromatic N) is 4. The van der Waals surface area contributed by atoms with Gasteiger partial charge in [0.05, 0.1) is 45.6 Å². The Morgan fingerprint density at radius 3 is 0.415 bits per heavy atom. The minimum atomic E-state index is 0.958. The van der Waals surface area contributed by atoms with Crippen LogP contribution in [-0.4, -0.2) is 19.9 Å². The number of rotatable bonds is 19. The molecule has 0 aliphatic carbocycles. The van der Waals surface area contributed by atoms with Gasteiger partial charge in [0.15, 0.2) is 0 Å². The Labute approximate surface area is 866 Å². The molecule has 0 unspecified atom stereocenters. The Kier molecular flexibility index (Phi) is 29.4. The SMILES string of the molecule is Cc1cccc(-c2cc(-c3cc(-c4ccccc4)cc(-c4ccccc4)c3)cc(-c3cccc(C)c3)n2)c1.Cc1cccc(-c2cc(-c3cccc(-c4ccccc4)c3)cc(-c3cccc(C)c3)n2)c1.Cc1cccc(-c2cccc(-c3cc(-c4ccc(-c5ccccc5)cc4)cc(-c4cccc(-c5cccc(C)c5)c4)n3)c2)c1.Cc1cccc(-c2cccc(-c3cc(-c4cccc(C)c4)nc(-c4cccc(C)c4)c3)c2)c1. The number of aryl methyl sites for hydroxylation is 9. The van der Waals surface area contributed by atoms with Crippen molar-refractivity contribution >= 4 is 0 Å². The molecule has 19 aromatic carbocycles. The van der Waals surface area contributed by atoms with Gasteiger partial charge in [-0.05, 0) is 312 Å². The van der Waals surface area contributed by atoms with E-state index in [1.54, 1.807) is 0 Å². The van der Waals surface area contributed by atoms with Gasteiger partial charge in [-0.3, -0.25) is 0 Å². The number of benzene rings is 19. The highest BCUT2D eigenvalue weighted by atomic mass is 14.7. The van der Waals surface area contributed by atoms with E-state index in [2.05, 4.69) is 590 Å². The molecule has 0 aliphatic rings. The Morgan fingerprint density at radius 1 is 0.0816 bits per heavy atom. The predicted octanol–water partition coefficient (Wildman–Crippen LogP) is 38.8. The van der Waals surface area contributed by atoms with Gasteiger partial charge in [0.2, 0.25) is 0 Å². The molecule has 0 aliphatic heterocycles. The summed E-state index contributed by atoms with van der Waals surface area (Å²) in [6.07, 6.45) is 0. The average Bonchev–Trinajstić information content (AvgIpc) is 0.801. The summed E-state index contributed by atoms with van der Waals surface area (Å²) in [7, 11) is 0. The van der Waals surface area contributed by atoms with Crippen molar-refractivity contribution < 1.29 is 0 Å². The third kappa shape index (κ3) is 24.1. The van der Waals surface area contributed by atoms with Crippen molar-refractivity contribution in [2.45, 2.75) is 62.3 Å². The van der Waals surface area contributed by atoms with Crippen molar-refractivity contribution in [3.63, 3.8) is 0 Å². The summed E-state index contributed by atoms with van der Waals surface area (Å²) in [6, 6.07) is 188. The van der Waals surface area contributed by atoms with E-state index in [9.17, 15) is 0 Å². The lowest BCUT2D eigenvalue weighted by Gasteiger charge is -2.14. The summed E-state index contributed by atoms with van der Waals surface area (Å²) in [5.74, 6) is 0. The molecule has 23 rings (SSSR count). The van der Waals surface area contributed by atoms with Crippen molar-refractivity contribution in [3.05, 3.63) is 578 Å². The maximum atomic E-state index is 5.27. The first kappa shape index (κ1) is 96.3. The van der Waals surface area contributed by atoms with Gasteiger partial charge in [0.1, 0.15) is 0 Å². The first-order chi connectivity index (χ1) is 71.9. The molecule has 0 N–H and O–H groups in total. The van der Waals surface area contributed by atoms with Gasteiger partial charge >= 0.3 is 0 Å². The van der Waals surface area contributed by atoms with Crippen molar-refractivity contribution in [1.82, 2.24) is 19.9 Å². The van der Waals surface area contributed by atoms with Crippen molar-refractivity contribution in [2.75, 3.05) is 0 Å². The summed E-state index contributed by atoms with van der Waals surface area (Å²) < 4.78 is 0. The number of hydrogen-bond donors (Lipinski definition) is 0. The number of hydrogen-bond acceptors (Lipinski definition) is 4. The summed E-state index contributed by atoms with van der Waals surface area (Å²) in [5, 5.41) is 0. The second-order valence-corrected chi connectivity index (χ2v) is 38.5. The van der Waals surface area contributed by atoms with Crippen LogP contribution in [0.3, 0.4) is 0 Å². The average molecular weight is 1890 g/mol. The quantitative estimate of drug-likeness (QED) is 0.0810. The molecule has 4 heterocycles. The molecule has 706 valence electrons. The Bertz CT molecular complexity index is 8260. The minimum absolute atomic E-state index is 0.958. The molecule has 4 heteroatoms. The third-order valence-electron chi connectivity index (χ3n) is 26.9. The molecular weight excluding hydrogens is 1770 g/mol. The van der Waals surface area contributed by atoms with Crippen LogP contribution in [0.15, 0.2) is 528 Å². The molecule has 0 saturated heterocycles. The lowest BCUT2D eigenvalue weighted by molar-refractivity contribution is 1.31. The molecule has 0 fully saturated rings. The fourth-order valence-corrected chi connectivity index (χ4v) is 19.3. The molecule has 4 nitrogen and oxygen atoms in total. The summed E-state index contributed by atoms with van der Waals surface area (Å²) in [5.41, 5.74) is 54.4. The van der Waals surface area contributed by atoms with Crippen LogP contribution in [0.5, 0.6) is 0 Å². The normalized spacial score (nSPS) is 10.9. The molecule has 147 heavy (non-hydrogen) atoms. The van der Waals surface area contributed by atoms with Crippen LogP contribution in [0.1, 0.15) is 50.1 Å². The van der Waals surface area contributed by atoms with Gasteiger partial charge in [-0.2, -0.15) is 0 Å². The van der Waals surface area contributed by atoms with Gasteiger partial charge in [-0.1, -0.05) is 450 Å². The first-order valence-corrected chi connectivity index (χ1v) is 50.5. The Morgan fingerprint density at radius 2 is 0.190 bits per heavy atom. The standard InChI is InChI=1S/C43H33N.C37H29N.C32H27N.C31H25N/c1-30-10-6-14-35(24-30)37-16-8-18-39(26-37)42-28-41(34-22-20-33(21-23-34)32-12-4-3-5-13-32)29-43(44-42)40-19-9-17-38(27-40)36-15-7-11-31(2)25-36;1-26-11-9-17-30(19-26)36-24-35(25-37(38-36)31-18-10-12-27(2)20-31)34-22-32(28-13-5-3-6-14-28)21-33(23-34)29-15-7-4-8-16-29;1-22-8-4-11-25(16-22)26-12-7-13-27(19-26)30-20-31(28-14-5-9-23(2)17-28)33-32(21-30)29-15-6-10-24(3)18-29;1-22-9-6-15-27(17-22)30-20-29(21-31(32-30)28-16-7-10-23(2)18-28)26-14-8-13-25(19-26)24-11-4-3-5-12-24/h3-29H,1-2H3;3-25H,1-2H3;4-21H,1-3H3;3-21H,1-2H3. The fraction of sp³-hybridized carbons (Fsp3) is 0.0629. The molecule has 0 atom stereocenters. The highest BCUT2D eigenvalue weighted by Crippen LogP contribution is 2.42. The molecular formula is C143H114N4. The largest absolute Gasteiger partial charge is 0.248 e. The summed E-state index contributed by atoms with van der Waals surface area (Å²) in [4.78, 5) is 20.5. The lowest BCUT2D eigenvalue weighted by Crippen LogP contribution is -1.93. The summed E-state index contributed by atoms with van der Waals surface area (Å²) in [6.45, 7) is 19.2. The Hall–Kier alpha value is -18.2. The van der Waals surface area contributed by atoms with Crippen LogP contribution in [-0.2, 0) is 0 Å². The second kappa shape index (κ2) is 44.9. The molecule has 0 amide bonds. The van der Waals surface area contributed by atoms with Gasteiger partial charge in [0, 0.05) is 44.5 Å². The van der Waals surface area contributed by atoms with E-state index < -0.39 is 0 Å². The van der Waals surface area contributed by atoms with E-state index in [0.29, 0.717) is 0 Å². The molecule has 23 aromatic rings. The second-order valence-electron chi connectivity index (χ2n) is 38.5. The first-order valence-electron chi connectivity index (χ1n) is 50.5. The monoisotopic (exact) mass is 1890 g/mol. The van der Waals surface area contributed by atoms with Crippen molar-refractivity contribution in [2.24, 2.45) is 0 Å². The zero-order chi connectivity index (χ0) is 100. The smallest absolute Gasteiger partial charge is 0.0715 e. The highest BCUT2D eigenvalue weighted by molar-refractivity contribution is 5.89. The van der Waals surface area contributed by atoms with Crippen LogP contribution in [0.2, 0.25) is 0 Å². The van der Waals surface area contributed by atoms with Crippen LogP contribution in [0, 0.1) is 62.3 Å². The van der Waals surface area contributed by atoms with E-state index in [0.717, 1.165) is 101 Å². The van der Waals surface area contributed by atoms with E-state index in [1.807, 2.05) is 0 Å². The van der Waals surface area contributed by atoms with Crippen molar-refractivity contribution in [3.8, 4) is 212 Å². The summed E-state index contributed by atoms with van der Waals surface area (Å²) >= 11 is 0. The molecule has 0 spiro atoms. The highest BCUT2D eigenvalue weighted by Gasteiger charge is 2.20. The molecule has 0 radical (unpaired) electrons. The van der Waals surface area contributed by atoms with E-state index >= 15 is 0 Å². The molecule has 0 bridgehead atoms. The topological polar surface area (TPSA) is 51.6 Å². The predicted molar refractivity (Wildman–Crippen MR) is 623 cm³/mol. The minimum Gasteiger partial charge on any atom is -0.248 e. The molecule has 4 aromatic heterocycles. The third-order valence-corrected chi connectivity index (χ3v) is 26.9. The van der Waals surface area contributed by atoms with Gasteiger partial charge in [-0.15, -0.1) is 0 Å².